The van der Waals surface area contributed by atoms with Crippen molar-refractivity contribution in [2.45, 2.75) is 13.1 Å². The van der Waals surface area contributed by atoms with Crippen molar-refractivity contribution in [3.05, 3.63) is 24.0 Å². The van der Waals surface area contributed by atoms with Gasteiger partial charge in [-0.25, -0.2) is 4.99 Å². The van der Waals surface area contributed by atoms with Crippen LogP contribution in [0.4, 0.5) is 18.9 Å². The lowest BCUT2D eigenvalue weighted by molar-refractivity contribution is -0.0558. The van der Waals surface area contributed by atoms with Crippen LogP contribution in [0.25, 0.3) is 0 Å². The average Bonchev–Trinajstić information content (AvgIpc) is 2.02. The Morgan fingerprint density at radius 3 is 2.57 bits per heavy atom. The maximum atomic E-state index is 12.0. The van der Waals surface area contributed by atoms with Gasteiger partial charge in [-0.05, 0) is 18.6 Å². The number of alkyl halides is 3. The van der Waals surface area contributed by atoms with Gasteiger partial charge in [0.15, 0.2) is 0 Å². The lowest BCUT2D eigenvalue weighted by atomic mass is 10.3. The van der Waals surface area contributed by atoms with E-state index in [-0.39, 0.29) is 5.69 Å². The fraction of sp³-hybridized carbons (Fsp3) is 0.250. The molecule has 0 aliphatic heterocycles. The predicted molar refractivity (Wildman–Crippen MR) is 48.0 cm³/mol. The summed E-state index contributed by atoms with van der Waals surface area (Å²) in [7, 11) is 0. The summed E-state index contributed by atoms with van der Waals surface area (Å²) >= 11 is 4.94. The molecule has 2 nitrogen and oxygen atoms in total. The summed E-state index contributed by atoms with van der Waals surface area (Å²) in [6, 6.07) is 1.46. The third-order valence-electron chi connectivity index (χ3n) is 1.32. The van der Waals surface area contributed by atoms with E-state index in [0.29, 0.717) is 0 Å². The lowest BCUT2D eigenvalue weighted by Gasteiger charge is -2.02. The summed E-state index contributed by atoms with van der Waals surface area (Å²) in [5.74, 6) is 0. The van der Waals surface area contributed by atoms with Crippen LogP contribution in [0.2, 0.25) is 0 Å². The summed E-state index contributed by atoms with van der Waals surface area (Å²) in [5, 5.41) is -1.40. The molecule has 6 heteroatoms. The number of hydrogen-bond acceptors (Lipinski definition) is 2. The highest BCUT2D eigenvalue weighted by Crippen LogP contribution is 2.23. The molecule has 1 aromatic rings. The van der Waals surface area contributed by atoms with Gasteiger partial charge in [0.05, 0.1) is 11.9 Å². The van der Waals surface area contributed by atoms with Crippen molar-refractivity contribution in [1.82, 2.24) is 4.98 Å². The summed E-state index contributed by atoms with van der Waals surface area (Å²) in [6.45, 7) is 1.70. The number of hydrogen-bond donors (Lipinski definition) is 0. The summed E-state index contributed by atoms with van der Waals surface area (Å²) in [4.78, 5) is 6.87. The Balaban J connectivity index is 2.98. The normalized spacial score (nSPS) is 13.1. The second-order valence-corrected chi connectivity index (χ2v) is 2.98. The van der Waals surface area contributed by atoms with Crippen LogP contribution in [-0.4, -0.2) is 16.3 Å². The van der Waals surface area contributed by atoms with Gasteiger partial charge < -0.3 is 0 Å². The number of aromatic nitrogens is 1. The van der Waals surface area contributed by atoms with Crippen LogP contribution in [0.1, 0.15) is 5.56 Å². The lowest BCUT2D eigenvalue weighted by Crippen LogP contribution is -2.16. The van der Waals surface area contributed by atoms with Crippen LogP contribution in [0, 0.1) is 6.92 Å². The average molecular weight is 223 g/mol. The van der Waals surface area contributed by atoms with E-state index in [9.17, 15) is 13.2 Å². The Morgan fingerprint density at radius 1 is 1.43 bits per heavy atom. The van der Waals surface area contributed by atoms with Crippen molar-refractivity contribution < 1.29 is 13.2 Å². The highest BCUT2D eigenvalue weighted by atomic mass is 35.5. The molecule has 0 bridgehead atoms. The minimum Gasteiger partial charge on any atom is -0.262 e. The molecule has 0 unspecified atom stereocenters. The van der Waals surface area contributed by atoms with Crippen LogP contribution < -0.4 is 0 Å². The number of halogens is 4. The van der Waals surface area contributed by atoms with Gasteiger partial charge in [0, 0.05) is 6.20 Å². The molecule has 0 saturated heterocycles. The standard InChI is InChI=1S/C8H6ClF3N2/c1-5-2-6(4-13-3-5)14-7(9)8(10,11)12/h2-4H,1H3. The van der Waals surface area contributed by atoms with Gasteiger partial charge >= 0.3 is 6.18 Å². The van der Waals surface area contributed by atoms with Gasteiger partial charge in [-0.2, -0.15) is 13.2 Å². The molecule has 0 N–H and O–H groups in total. The van der Waals surface area contributed by atoms with Crippen LogP contribution in [0.3, 0.4) is 0 Å². The fourth-order valence-electron chi connectivity index (χ4n) is 0.777. The molecule has 0 fully saturated rings. The Kier molecular flexibility index (Phi) is 3.10. The third-order valence-corrected chi connectivity index (χ3v) is 1.62. The Bertz CT molecular complexity index is 360. The molecule has 0 aromatic carbocycles. The minimum atomic E-state index is -4.61. The quantitative estimate of drug-likeness (QED) is 0.670. The molecule has 0 spiro atoms. The highest BCUT2D eigenvalue weighted by Gasteiger charge is 2.34. The first kappa shape index (κ1) is 11.0. The van der Waals surface area contributed by atoms with Crippen molar-refractivity contribution in [3.63, 3.8) is 0 Å². The molecule has 0 atom stereocenters. The smallest absolute Gasteiger partial charge is 0.262 e. The minimum absolute atomic E-state index is 0.0901. The Hall–Kier alpha value is -1.10. The third kappa shape index (κ3) is 2.99. The van der Waals surface area contributed by atoms with Crippen LogP contribution >= 0.6 is 11.6 Å². The van der Waals surface area contributed by atoms with Crippen LogP contribution in [-0.2, 0) is 0 Å². The maximum absolute atomic E-state index is 12.0. The molecule has 0 amide bonds. The van der Waals surface area contributed by atoms with E-state index in [2.05, 4.69) is 9.98 Å². The van der Waals surface area contributed by atoms with Crippen molar-refractivity contribution in [2.24, 2.45) is 4.99 Å². The van der Waals surface area contributed by atoms with E-state index in [1.807, 2.05) is 0 Å². The molecule has 14 heavy (non-hydrogen) atoms. The summed E-state index contributed by atoms with van der Waals surface area (Å²) < 4.78 is 35.9. The fourth-order valence-corrected chi connectivity index (χ4v) is 0.874. The van der Waals surface area contributed by atoms with E-state index in [4.69, 9.17) is 11.6 Å². The first-order chi connectivity index (χ1) is 6.39. The monoisotopic (exact) mass is 222 g/mol. The second-order valence-electron chi connectivity index (χ2n) is 2.62. The molecule has 0 saturated carbocycles. The highest BCUT2D eigenvalue weighted by molar-refractivity contribution is 6.67. The maximum Gasteiger partial charge on any atom is 0.444 e. The SMILES string of the molecule is Cc1cncc(N=C(Cl)C(F)(F)F)c1. The van der Waals surface area contributed by atoms with Gasteiger partial charge in [0.25, 0.3) is 0 Å². The number of rotatable bonds is 1. The van der Waals surface area contributed by atoms with Crippen molar-refractivity contribution in [2.75, 3.05) is 0 Å². The molecule has 76 valence electrons. The summed E-state index contributed by atoms with van der Waals surface area (Å²) in [5.41, 5.74) is 0.810. The zero-order chi connectivity index (χ0) is 10.8. The molecule has 0 aliphatic rings. The van der Waals surface area contributed by atoms with Gasteiger partial charge in [0.1, 0.15) is 0 Å². The van der Waals surface area contributed by atoms with E-state index in [1.165, 1.54) is 18.5 Å². The largest absolute Gasteiger partial charge is 0.444 e. The molecule has 1 aromatic heterocycles. The zero-order valence-electron chi connectivity index (χ0n) is 7.14. The summed E-state index contributed by atoms with van der Waals surface area (Å²) in [6.07, 6.45) is -1.88. The molecular weight excluding hydrogens is 217 g/mol. The number of aryl methyl sites for hydroxylation is 1. The first-order valence-corrected chi connectivity index (χ1v) is 4.00. The van der Waals surface area contributed by atoms with E-state index in [0.717, 1.165) is 5.56 Å². The number of pyridine rings is 1. The van der Waals surface area contributed by atoms with Gasteiger partial charge in [-0.15, -0.1) is 0 Å². The van der Waals surface area contributed by atoms with Crippen molar-refractivity contribution in [1.29, 1.82) is 0 Å². The zero-order valence-corrected chi connectivity index (χ0v) is 7.89. The molecule has 1 rings (SSSR count). The molecule has 1 heterocycles. The second kappa shape index (κ2) is 3.96. The van der Waals surface area contributed by atoms with E-state index in [1.54, 1.807) is 6.92 Å². The first-order valence-electron chi connectivity index (χ1n) is 3.62. The van der Waals surface area contributed by atoms with Gasteiger partial charge in [-0.3, -0.25) is 4.98 Å². The van der Waals surface area contributed by atoms with Gasteiger partial charge in [0.2, 0.25) is 5.17 Å². The van der Waals surface area contributed by atoms with Crippen molar-refractivity contribution >= 4 is 22.5 Å². The predicted octanol–water partition coefficient (Wildman–Crippen LogP) is 3.22. The molecule has 0 aliphatic carbocycles. The van der Waals surface area contributed by atoms with E-state index >= 15 is 0 Å². The van der Waals surface area contributed by atoms with Crippen molar-refractivity contribution in [3.8, 4) is 0 Å². The van der Waals surface area contributed by atoms with Crippen LogP contribution in [0.5, 0.6) is 0 Å². The Morgan fingerprint density at radius 2 is 2.07 bits per heavy atom. The number of aliphatic imine (C=N–C) groups is 1. The Labute approximate surface area is 83.4 Å². The topological polar surface area (TPSA) is 25.2 Å². The van der Waals surface area contributed by atoms with Crippen LogP contribution in [0.15, 0.2) is 23.5 Å². The van der Waals surface area contributed by atoms with E-state index < -0.39 is 11.3 Å². The van der Waals surface area contributed by atoms with Gasteiger partial charge in [-0.1, -0.05) is 11.6 Å². The molecule has 0 radical (unpaired) electrons. The molecular formula is C8H6ClF3N2. The number of nitrogens with zero attached hydrogens (tertiary/aromatic N) is 2.